The second kappa shape index (κ2) is 39.6. The van der Waals surface area contributed by atoms with Crippen molar-refractivity contribution in [2.45, 2.75) is 252 Å². The van der Waals surface area contributed by atoms with Crippen molar-refractivity contribution in [1.29, 1.82) is 0 Å². The molecule has 0 aromatic heterocycles. The summed E-state index contributed by atoms with van der Waals surface area (Å²) < 4.78 is 16.6. The first-order valence-electron chi connectivity index (χ1n) is 22.4. The zero-order valence-electron chi connectivity index (χ0n) is 34.6. The molecule has 0 bridgehead atoms. The summed E-state index contributed by atoms with van der Waals surface area (Å²) in [6.07, 6.45) is 38.4. The summed E-state index contributed by atoms with van der Waals surface area (Å²) >= 11 is 0. The van der Waals surface area contributed by atoms with E-state index in [1.807, 2.05) is 0 Å². The van der Waals surface area contributed by atoms with E-state index in [0.717, 1.165) is 70.1 Å². The van der Waals surface area contributed by atoms with E-state index in [1.54, 1.807) is 0 Å². The van der Waals surface area contributed by atoms with Gasteiger partial charge in [0, 0.05) is 19.3 Å². The minimum absolute atomic E-state index is 0.0649. The Morgan fingerprint density at radius 1 is 0.373 bits per heavy atom. The fraction of sp³-hybridized carbons (Fsp3) is 0.933. The van der Waals surface area contributed by atoms with Gasteiger partial charge in [-0.2, -0.15) is 0 Å². The highest BCUT2D eigenvalue weighted by atomic mass is 16.6. The Morgan fingerprint density at radius 3 is 0.961 bits per heavy atom. The Morgan fingerprint density at radius 2 is 0.647 bits per heavy atom. The molecule has 6 heteroatoms. The Hall–Kier alpha value is -1.59. The van der Waals surface area contributed by atoms with E-state index < -0.39 is 6.10 Å². The Balaban J connectivity index is 4.07. The number of esters is 3. The van der Waals surface area contributed by atoms with Crippen molar-refractivity contribution in [2.75, 3.05) is 13.2 Å². The van der Waals surface area contributed by atoms with Crippen LogP contribution in [0.15, 0.2) is 0 Å². The fourth-order valence-corrected chi connectivity index (χ4v) is 6.63. The van der Waals surface area contributed by atoms with Crippen molar-refractivity contribution in [1.82, 2.24) is 0 Å². The van der Waals surface area contributed by atoms with E-state index in [1.165, 1.54) is 135 Å². The summed E-state index contributed by atoms with van der Waals surface area (Å²) in [6.45, 7) is 8.91. The number of hydrogen-bond donors (Lipinski definition) is 0. The van der Waals surface area contributed by atoms with Crippen LogP contribution in [0.1, 0.15) is 246 Å². The standard InChI is InChI=1S/C45H86O6/c1-5-7-9-11-12-21-26-30-34-38-45(48)51-42(39-49-43(46)36-32-27-10-8-6-2)40-50-44(47)37-33-29-25-23-20-18-16-14-13-15-17-19-22-24-28-31-35-41(3)4/h41-42H,5-40H2,1-4H3/t42-/m0/s1. The van der Waals surface area contributed by atoms with Gasteiger partial charge >= 0.3 is 17.9 Å². The average Bonchev–Trinajstić information content (AvgIpc) is 3.11. The van der Waals surface area contributed by atoms with E-state index in [0.29, 0.717) is 19.3 Å². The third-order valence-corrected chi connectivity index (χ3v) is 10.0. The van der Waals surface area contributed by atoms with Gasteiger partial charge in [0.25, 0.3) is 0 Å². The van der Waals surface area contributed by atoms with Gasteiger partial charge in [0.05, 0.1) is 0 Å². The monoisotopic (exact) mass is 723 g/mol. The van der Waals surface area contributed by atoms with Gasteiger partial charge < -0.3 is 14.2 Å². The molecule has 0 aromatic carbocycles. The maximum Gasteiger partial charge on any atom is 0.306 e. The van der Waals surface area contributed by atoms with Crippen molar-refractivity contribution in [3.8, 4) is 0 Å². The first kappa shape index (κ1) is 49.4. The summed E-state index contributed by atoms with van der Waals surface area (Å²) in [7, 11) is 0. The van der Waals surface area contributed by atoms with Crippen molar-refractivity contribution in [3.63, 3.8) is 0 Å². The quantitative estimate of drug-likeness (QED) is 0.0356. The molecular weight excluding hydrogens is 636 g/mol. The summed E-state index contributed by atoms with van der Waals surface area (Å²) in [5.41, 5.74) is 0. The summed E-state index contributed by atoms with van der Waals surface area (Å²) in [5, 5.41) is 0. The summed E-state index contributed by atoms with van der Waals surface area (Å²) in [5.74, 6) is -0.0193. The van der Waals surface area contributed by atoms with Crippen LogP contribution >= 0.6 is 0 Å². The fourth-order valence-electron chi connectivity index (χ4n) is 6.63. The molecule has 0 saturated carbocycles. The molecule has 0 rings (SSSR count). The highest BCUT2D eigenvalue weighted by Gasteiger charge is 2.19. The van der Waals surface area contributed by atoms with E-state index in [4.69, 9.17) is 14.2 Å². The van der Waals surface area contributed by atoms with Crippen LogP contribution in [0.5, 0.6) is 0 Å². The third-order valence-electron chi connectivity index (χ3n) is 10.0. The molecule has 0 amide bonds. The van der Waals surface area contributed by atoms with Crippen LogP contribution in [0.3, 0.4) is 0 Å². The molecule has 0 radical (unpaired) electrons. The Kier molecular flexibility index (Phi) is 38.4. The van der Waals surface area contributed by atoms with Gasteiger partial charge in [-0.1, -0.05) is 207 Å². The van der Waals surface area contributed by atoms with Crippen LogP contribution in [0.4, 0.5) is 0 Å². The normalized spacial score (nSPS) is 11.9. The minimum atomic E-state index is -0.756. The van der Waals surface area contributed by atoms with Crippen LogP contribution in [0.25, 0.3) is 0 Å². The van der Waals surface area contributed by atoms with Crippen LogP contribution in [0.2, 0.25) is 0 Å². The van der Waals surface area contributed by atoms with Crippen molar-refractivity contribution >= 4 is 17.9 Å². The third kappa shape index (κ3) is 39.5. The highest BCUT2D eigenvalue weighted by molar-refractivity contribution is 5.71. The molecule has 0 fully saturated rings. The number of rotatable bonds is 40. The molecule has 0 aliphatic carbocycles. The summed E-state index contributed by atoms with van der Waals surface area (Å²) in [4.78, 5) is 37.3. The van der Waals surface area contributed by atoms with Gasteiger partial charge in [-0.3, -0.25) is 14.4 Å². The molecule has 0 aliphatic heterocycles. The van der Waals surface area contributed by atoms with Crippen molar-refractivity contribution in [2.24, 2.45) is 5.92 Å². The van der Waals surface area contributed by atoms with Gasteiger partial charge in [-0.05, 0) is 25.2 Å². The molecule has 0 N–H and O–H groups in total. The zero-order valence-corrected chi connectivity index (χ0v) is 34.6. The lowest BCUT2D eigenvalue weighted by Crippen LogP contribution is -2.30. The van der Waals surface area contributed by atoms with E-state index in [-0.39, 0.29) is 31.1 Å². The molecule has 0 saturated heterocycles. The van der Waals surface area contributed by atoms with E-state index in [9.17, 15) is 14.4 Å². The molecule has 51 heavy (non-hydrogen) atoms. The topological polar surface area (TPSA) is 78.9 Å². The maximum absolute atomic E-state index is 12.6. The molecule has 0 aromatic rings. The maximum atomic E-state index is 12.6. The number of hydrogen-bond acceptors (Lipinski definition) is 6. The Bertz CT molecular complexity index is 766. The molecule has 0 unspecified atom stereocenters. The lowest BCUT2D eigenvalue weighted by Gasteiger charge is -2.18. The first-order valence-corrected chi connectivity index (χ1v) is 22.4. The SMILES string of the molecule is CCCCCCCCCCCC(=O)O[C@@H](COC(=O)CCCCCCC)COC(=O)CCCCCCCCCCCCCCCCCCC(C)C. The molecule has 0 spiro atoms. The Labute approximate surface area is 317 Å². The number of ether oxygens (including phenoxy) is 3. The molecular formula is C45H86O6. The van der Waals surface area contributed by atoms with Gasteiger partial charge in [0.2, 0.25) is 0 Å². The number of carbonyl (C=O) groups is 3. The molecule has 302 valence electrons. The highest BCUT2D eigenvalue weighted by Crippen LogP contribution is 2.16. The summed E-state index contributed by atoms with van der Waals surface area (Å²) in [6, 6.07) is 0. The predicted molar refractivity (Wildman–Crippen MR) is 215 cm³/mol. The molecule has 1 atom stereocenters. The van der Waals surface area contributed by atoms with Crippen molar-refractivity contribution in [3.05, 3.63) is 0 Å². The average molecular weight is 723 g/mol. The van der Waals surface area contributed by atoms with Crippen LogP contribution < -0.4 is 0 Å². The van der Waals surface area contributed by atoms with Crippen LogP contribution in [-0.2, 0) is 28.6 Å². The first-order chi connectivity index (χ1) is 24.9. The van der Waals surface area contributed by atoms with Crippen LogP contribution in [0, 0.1) is 5.92 Å². The number of unbranched alkanes of at least 4 members (excludes halogenated alkanes) is 27. The predicted octanol–water partition coefficient (Wildman–Crippen LogP) is 13.9. The zero-order chi connectivity index (χ0) is 37.5. The lowest BCUT2D eigenvalue weighted by atomic mass is 10.0. The van der Waals surface area contributed by atoms with Crippen LogP contribution in [-0.4, -0.2) is 37.2 Å². The molecule has 6 nitrogen and oxygen atoms in total. The van der Waals surface area contributed by atoms with Crippen molar-refractivity contribution < 1.29 is 28.6 Å². The van der Waals surface area contributed by atoms with Gasteiger partial charge in [-0.15, -0.1) is 0 Å². The second-order valence-electron chi connectivity index (χ2n) is 15.8. The van der Waals surface area contributed by atoms with Gasteiger partial charge in [-0.25, -0.2) is 0 Å². The smallest absolute Gasteiger partial charge is 0.306 e. The largest absolute Gasteiger partial charge is 0.462 e. The lowest BCUT2D eigenvalue weighted by molar-refractivity contribution is -0.167. The van der Waals surface area contributed by atoms with Gasteiger partial charge in [0.15, 0.2) is 6.10 Å². The minimum Gasteiger partial charge on any atom is -0.462 e. The molecule has 0 aliphatic rings. The second-order valence-corrected chi connectivity index (χ2v) is 15.8. The number of carbonyl (C=O) groups excluding carboxylic acids is 3. The van der Waals surface area contributed by atoms with Gasteiger partial charge in [0.1, 0.15) is 13.2 Å². The molecule has 0 heterocycles. The van der Waals surface area contributed by atoms with E-state index >= 15 is 0 Å². The van der Waals surface area contributed by atoms with E-state index in [2.05, 4.69) is 27.7 Å².